The molecule has 21 heavy (non-hydrogen) atoms. The number of alkyl halides is 2. The van der Waals surface area contributed by atoms with Crippen molar-refractivity contribution in [3.8, 4) is 5.75 Å². The van der Waals surface area contributed by atoms with Crippen molar-refractivity contribution in [2.45, 2.75) is 6.61 Å². The fourth-order valence-corrected chi connectivity index (χ4v) is 1.75. The molecule has 110 valence electrons. The summed E-state index contributed by atoms with van der Waals surface area (Å²) in [7, 11) is 0. The number of hydrogen-bond acceptors (Lipinski definition) is 5. The number of nitrogens with one attached hydrogen (secondary N) is 1. The molecule has 0 amide bonds. The van der Waals surface area contributed by atoms with E-state index in [1.807, 2.05) is 0 Å². The molecule has 3 aromatic rings. The Morgan fingerprint density at radius 2 is 2.05 bits per heavy atom. The molecule has 0 fully saturated rings. The highest BCUT2D eigenvalue weighted by molar-refractivity contribution is 5.86. The van der Waals surface area contributed by atoms with E-state index in [0.29, 0.717) is 22.6 Å². The van der Waals surface area contributed by atoms with E-state index in [9.17, 15) is 8.78 Å². The van der Waals surface area contributed by atoms with Crippen LogP contribution in [-0.2, 0) is 0 Å². The van der Waals surface area contributed by atoms with E-state index in [0.717, 1.165) is 0 Å². The molecule has 0 saturated heterocycles. The van der Waals surface area contributed by atoms with Crippen LogP contribution in [0, 0.1) is 0 Å². The molecule has 1 aromatic carbocycles. The van der Waals surface area contributed by atoms with Gasteiger partial charge in [0.25, 0.3) is 0 Å². The number of fused-ring (bicyclic) bond motifs is 1. The van der Waals surface area contributed by atoms with Crippen LogP contribution in [0.3, 0.4) is 0 Å². The van der Waals surface area contributed by atoms with Gasteiger partial charge in [-0.25, -0.2) is 4.98 Å². The molecular weight excluding hydrogens is 304 g/mol. The maximum atomic E-state index is 12.2. The molecule has 2 heterocycles. The fraction of sp³-hybridized carbons (Fsp3) is 0.0769. The third kappa shape index (κ3) is 3.38. The zero-order valence-electron chi connectivity index (χ0n) is 10.5. The molecule has 0 bridgehead atoms. The number of anilines is 2. The van der Waals surface area contributed by atoms with Crippen molar-refractivity contribution in [3.63, 3.8) is 0 Å². The van der Waals surface area contributed by atoms with E-state index in [2.05, 4.69) is 20.2 Å². The Morgan fingerprint density at radius 1 is 1.19 bits per heavy atom. The lowest BCUT2D eigenvalue weighted by Gasteiger charge is -2.07. The van der Waals surface area contributed by atoms with E-state index in [1.165, 1.54) is 12.1 Å². The average Bonchev–Trinajstić information content (AvgIpc) is 2.82. The highest BCUT2D eigenvalue weighted by Crippen LogP contribution is 2.26. The highest BCUT2D eigenvalue weighted by Gasteiger charge is 2.10. The molecule has 0 saturated carbocycles. The molecule has 0 atom stereocenters. The van der Waals surface area contributed by atoms with Gasteiger partial charge in [-0.05, 0) is 24.3 Å². The van der Waals surface area contributed by atoms with Gasteiger partial charge in [-0.15, -0.1) is 12.4 Å². The second-order valence-electron chi connectivity index (χ2n) is 3.91. The highest BCUT2D eigenvalue weighted by atomic mass is 35.5. The van der Waals surface area contributed by atoms with Crippen molar-refractivity contribution < 1.29 is 18.0 Å². The lowest BCUT2D eigenvalue weighted by atomic mass is 10.3. The SMILES string of the molecule is Cl.FC(F)Oc1cccc(Nc2noc3cccnc23)c1. The molecule has 1 N–H and O–H groups in total. The Balaban J connectivity index is 0.00000161. The van der Waals surface area contributed by atoms with Gasteiger partial charge in [0.2, 0.25) is 5.82 Å². The first-order valence-corrected chi connectivity index (χ1v) is 5.75. The van der Waals surface area contributed by atoms with Gasteiger partial charge in [-0.1, -0.05) is 11.2 Å². The molecule has 0 aliphatic heterocycles. The van der Waals surface area contributed by atoms with Crippen LogP contribution in [-0.4, -0.2) is 16.8 Å². The summed E-state index contributed by atoms with van der Waals surface area (Å²) in [4.78, 5) is 4.14. The van der Waals surface area contributed by atoms with Crippen LogP contribution < -0.4 is 10.1 Å². The van der Waals surface area contributed by atoms with E-state index in [1.54, 1.807) is 30.5 Å². The Kier molecular flexibility index (Phi) is 4.54. The summed E-state index contributed by atoms with van der Waals surface area (Å²) in [6, 6.07) is 9.63. The number of rotatable bonds is 4. The van der Waals surface area contributed by atoms with E-state index < -0.39 is 6.61 Å². The molecule has 0 aliphatic rings. The van der Waals surface area contributed by atoms with Gasteiger partial charge in [0.1, 0.15) is 5.75 Å². The van der Waals surface area contributed by atoms with Crippen molar-refractivity contribution in [3.05, 3.63) is 42.6 Å². The molecule has 0 aliphatic carbocycles. The Bertz CT molecular complexity index is 736. The van der Waals surface area contributed by atoms with Crippen molar-refractivity contribution in [1.29, 1.82) is 0 Å². The van der Waals surface area contributed by atoms with Crippen molar-refractivity contribution in [1.82, 2.24) is 10.1 Å². The summed E-state index contributed by atoms with van der Waals surface area (Å²) in [5.41, 5.74) is 1.65. The molecule has 5 nitrogen and oxygen atoms in total. The van der Waals surface area contributed by atoms with Crippen LogP contribution in [0.1, 0.15) is 0 Å². The molecular formula is C13H10ClF2N3O2. The predicted octanol–water partition coefficient (Wildman–Crippen LogP) is 3.99. The minimum atomic E-state index is -2.86. The zero-order chi connectivity index (χ0) is 13.9. The van der Waals surface area contributed by atoms with Crippen molar-refractivity contribution in [2.75, 3.05) is 5.32 Å². The third-order valence-corrected chi connectivity index (χ3v) is 2.55. The number of nitrogens with zero attached hydrogens (tertiary/aromatic N) is 2. The van der Waals surface area contributed by atoms with E-state index in [4.69, 9.17) is 4.52 Å². The van der Waals surface area contributed by atoms with E-state index in [-0.39, 0.29) is 18.2 Å². The van der Waals surface area contributed by atoms with Gasteiger partial charge >= 0.3 is 6.61 Å². The van der Waals surface area contributed by atoms with Gasteiger partial charge in [-0.2, -0.15) is 8.78 Å². The summed E-state index contributed by atoms with van der Waals surface area (Å²) in [6.45, 7) is -2.86. The Labute approximate surface area is 124 Å². The number of pyridine rings is 1. The topological polar surface area (TPSA) is 60.2 Å². The first-order chi connectivity index (χ1) is 9.72. The molecule has 3 rings (SSSR count). The minimum Gasteiger partial charge on any atom is -0.435 e. The third-order valence-electron chi connectivity index (χ3n) is 2.55. The monoisotopic (exact) mass is 313 g/mol. The largest absolute Gasteiger partial charge is 0.435 e. The Hall–Kier alpha value is -2.41. The van der Waals surface area contributed by atoms with Gasteiger partial charge in [0.15, 0.2) is 11.1 Å². The maximum Gasteiger partial charge on any atom is 0.387 e. The van der Waals surface area contributed by atoms with E-state index >= 15 is 0 Å². The molecule has 0 unspecified atom stereocenters. The first kappa shape index (κ1) is 15.0. The molecule has 2 aromatic heterocycles. The van der Waals surface area contributed by atoms with Crippen LogP contribution in [0.4, 0.5) is 20.3 Å². The number of halogens is 3. The van der Waals surface area contributed by atoms with Crippen LogP contribution in [0.25, 0.3) is 11.1 Å². The second-order valence-corrected chi connectivity index (χ2v) is 3.91. The Morgan fingerprint density at radius 3 is 2.86 bits per heavy atom. The molecule has 0 spiro atoms. The van der Waals surface area contributed by atoms with Crippen molar-refractivity contribution in [2.24, 2.45) is 0 Å². The number of hydrogen-bond donors (Lipinski definition) is 1. The summed E-state index contributed by atoms with van der Waals surface area (Å²) in [5, 5.41) is 6.79. The van der Waals surface area contributed by atoms with Crippen LogP contribution in [0.5, 0.6) is 5.75 Å². The standard InChI is InChI=1S/C13H9F2N3O2.ClH/c14-13(15)19-9-4-1-3-8(7-9)17-12-11-10(20-18-12)5-2-6-16-11;/h1-7,13H,(H,17,18);1H. The number of aromatic nitrogens is 2. The quantitative estimate of drug-likeness (QED) is 0.789. The zero-order valence-corrected chi connectivity index (χ0v) is 11.3. The molecule has 8 heteroatoms. The van der Waals surface area contributed by atoms with Gasteiger partial charge < -0.3 is 14.6 Å². The second kappa shape index (κ2) is 6.36. The lowest BCUT2D eigenvalue weighted by molar-refractivity contribution is -0.0497. The maximum absolute atomic E-state index is 12.2. The minimum absolute atomic E-state index is 0. The number of ether oxygens (including phenoxy) is 1. The summed E-state index contributed by atoms with van der Waals surface area (Å²) < 4.78 is 33.7. The fourth-order valence-electron chi connectivity index (χ4n) is 1.75. The summed E-state index contributed by atoms with van der Waals surface area (Å²) >= 11 is 0. The van der Waals surface area contributed by atoms with Gasteiger partial charge in [0.05, 0.1) is 0 Å². The normalized spacial score (nSPS) is 10.4. The van der Waals surface area contributed by atoms with Crippen LogP contribution in [0.15, 0.2) is 47.1 Å². The van der Waals surface area contributed by atoms with Gasteiger partial charge in [0, 0.05) is 18.0 Å². The smallest absolute Gasteiger partial charge is 0.387 e. The van der Waals surface area contributed by atoms with Crippen LogP contribution in [0.2, 0.25) is 0 Å². The number of benzene rings is 1. The predicted molar refractivity (Wildman–Crippen MR) is 75.4 cm³/mol. The van der Waals surface area contributed by atoms with Crippen molar-refractivity contribution >= 4 is 35.0 Å². The van der Waals surface area contributed by atoms with Crippen LogP contribution >= 0.6 is 12.4 Å². The van der Waals surface area contributed by atoms with Gasteiger partial charge in [-0.3, -0.25) is 0 Å². The molecule has 0 radical (unpaired) electrons. The summed E-state index contributed by atoms with van der Waals surface area (Å²) in [6.07, 6.45) is 1.61. The summed E-state index contributed by atoms with van der Waals surface area (Å²) in [5.74, 6) is 0.473. The lowest BCUT2D eigenvalue weighted by Crippen LogP contribution is -2.02. The first-order valence-electron chi connectivity index (χ1n) is 5.75. The average molecular weight is 314 g/mol.